The Kier molecular flexibility index (Phi) is 7.55. The van der Waals surface area contributed by atoms with Gasteiger partial charge in [0.05, 0.1) is 20.2 Å². The Hall–Kier alpha value is -2.66. The Balaban J connectivity index is 1.94. The van der Waals surface area contributed by atoms with Gasteiger partial charge in [-0.25, -0.2) is 0 Å². The Morgan fingerprint density at radius 3 is 2.48 bits per heavy atom. The number of carbonyl (C=O) groups excluding carboxylic acids is 2. The molecule has 2 aromatic carbocycles. The molecule has 1 amide bonds. The first-order valence-electron chi connectivity index (χ1n) is 9.17. The summed E-state index contributed by atoms with van der Waals surface area (Å²) in [5.74, 6) is 0.659. The second-order valence-electron chi connectivity index (χ2n) is 7.05. The molecule has 0 saturated carbocycles. The Morgan fingerprint density at radius 1 is 1.15 bits per heavy atom. The van der Waals surface area contributed by atoms with Crippen LogP contribution < -0.4 is 15.0 Å². The summed E-state index contributed by atoms with van der Waals surface area (Å²) >= 11 is 0. The number of hydrogen-bond donors (Lipinski definition) is 2. The van der Waals surface area contributed by atoms with Crippen molar-refractivity contribution >= 4 is 11.7 Å². The smallest absolute Gasteiger partial charge is 0.275 e. The standard InChI is InChI=1S/C22H28N2O3/c1-16-10-11-21(27-4)19(12-16)14-24(3)15-22(26)23-20(17(2)25)13-18-8-6-5-7-9-18/h5-12,20H,13-15H2,1-4H3,(H,23,26)/p+1/t20-/m0/s1. The number of carbonyl (C=O) groups is 2. The van der Waals surface area contributed by atoms with Gasteiger partial charge in [-0.3, -0.25) is 9.59 Å². The topological polar surface area (TPSA) is 59.8 Å². The molecule has 144 valence electrons. The molecule has 0 spiro atoms. The van der Waals surface area contributed by atoms with Crippen LogP contribution >= 0.6 is 0 Å². The average Bonchev–Trinajstić information content (AvgIpc) is 2.62. The van der Waals surface area contributed by atoms with Crippen LogP contribution in [0, 0.1) is 6.92 Å². The summed E-state index contributed by atoms with van der Waals surface area (Å²) in [6, 6.07) is 15.3. The lowest BCUT2D eigenvalue weighted by atomic mass is 10.0. The van der Waals surface area contributed by atoms with Gasteiger partial charge in [0.1, 0.15) is 12.3 Å². The zero-order valence-electron chi connectivity index (χ0n) is 16.5. The van der Waals surface area contributed by atoms with Crippen molar-refractivity contribution in [2.24, 2.45) is 0 Å². The van der Waals surface area contributed by atoms with Crippen molar-refractivity contribution in [2.45, 2.75) is 32.9 Å². The fraction of sp³-hybridized carbons (Fsp3) is 0.364. The summed E-state index contributed by atoms with van der Waals surface area (Å²) in [6.07, 6.45) is 0.507. The van der Waals surface area contributed by atoms with Gasteiger partial charge in [0.25, 0.3) is 5.91 Å². The lowest BCUT2D eigenvalue weighted by Gasteiger charge is -2.19. The number of ketones is 1. The molecule has 0 aliphatic heterocycles. The van der Waals surface area contributed by atoms with Crippen molar-refractivity contribution in [1.82, 2.24) is 5.32 Å². The molecule has 1 unspecified atom stereocenters. The zero-order valence-corrected chi connectivity index (χ0v) is 16.5. The number of aryl methyl sites for hydroxylation is 1. The molecule has 27 heavy (non-hydrogen) atoms. The van der Waals surface area contributed by atoms with Crippen LogP contribution in [0.5, 0.6) is 5.75 Å². The Labute approximate surface area is 161 Å². The third-order valence-electron chi connectivity index (χ3n) is 4.50. The van der Waals surface area contributed by atoms with Gasteiger partial charge in [-0.1, -0.05) is 42.0 Å². The summed E-state index contributed by atoms with van der Waals surface area (Å²) in [5, 5.41) is 2.88. The predicted molar refractivity (Wildman–Crippen MR) is 106 cm³/mol. The first-order valence-corrected chi connectivity index (χ1v) is 9.17. The van der Waals surface area contributed by atoms with E-state index in [1.54, 1.807) is 7.11 Å². The highest BCUT2D eigenvalue weighted by Crippen LogP contribution is 2.18. The van der Waals surface area contributed by atoms with Crippen LogP contribution in [0.3, 0.4) is 0 Å². The number of benzene rings is 2. The van der Waals surface area contributed by atoms with Crippen molar-refractivity contribution in [3.05, 3.63) is 65.2 Å². The minimum atomic E-state index is -0.499. The molecule has 0 heterocycles. The van der Waals surface area contributed by atoms with Gasteiger partial charge < -0.3 is 15.0 Å². The lowest BCUT2D eigenvalue weighted by molar-refractivity contribution is -0.885. The largest absolute Gasteiger partial charge is 0.496 e. The number of hydrogen-bond acceptors (Lipinski definition) is 3. The maximum absolute atomic E-state index is 12.5. The maximum atomic E-state index is 12.5. The normalized spacial score (nSPS) is 12.9. The van der Waals surface area contributed by atoms with E-state index in [9.17, 15) is 9.59 Å². The van der Waals surface area contributed by atoms with Gasteiger partial charge in [-0.05, 0) is 38.0 Å². The molecule has 0 aromatic heterocycles. The van der Waals surface area contributed by atoms with Crippen molar-refractivity contribution in [3.63, 3.8) is 0 Å². The number of Topliss-reactive ketones (excluding diaryl/α,β-unsaturated/α-hetero) is 1. The number of ether oxygens (including phenoxy) is 1. The van der Waals surface area contributed by atoms with Crippen molar-refractivity contribution in [1.29, 1.82) is 0 Å². The Morgan fingerprint density at radius 2 is 1.85 bits per heavy atom. The van der Waals surface area contributed by atoms with Gasteiger partial charge in [0.2, 0.25) is 0 Å². The summed E-state index contributed by atoms with van der Waals surface area (Å²) in [4.78, 5) is 25.4. The molecule has 0 saturated heterocycles. The van der Waals surface area contributed by atoms with Crippen molar-refractivity contribution in [2.75, 3.05) is 20.7 Å². The highest BCUT2D eigenvalue weighted by Gasteiger charge is 2.20. The molecule has 0 bridgehead atoms. The van der Waals surface area contributed by atoms with Gasteiger partial charge in [-0.15, -0.1) is 0 Å². The predicted octanol–water partition coefficient (Wildman–Crippen LogP) is 1.33. The first-order chi connectivity index (χ1) is 12.9. The van der Waals surface area contributed by atoms with Gasteiger partial charge in [0, 0.05) is 5.56 Å². The fourth-order valence-corrected chi connectivity index (χ4v) is 3.10. The Bertz CT molecular complexity index is 774. The first kappa shape index (κ1) is 20.6. The number of nitrogens with one attached hydrogen (secondary N) is 2. The van der Waals surface area contributed by atoms with Crippen LogP contribution in [0.1, 0.15) is 23.6 Å². The lowest BCUT2D eigenvalue weighted by Crippen LogP contribution is -3.09. The summed E-state index contributed by atoms with van der Waals surface area (Å²) in [7, 11) is 3.61. The van der Waals surface area contributed by atoms with Crippen molar-refractivity contribution < 1.29 is 19.2 Å². The van der Waals surface area contributed by atoms with Crippen LogP contribution in [0.2, 0.25) is 0 Å². The average molecular weight is 369 g/mol. The van der Waals surface area contributed by atoms with Crippen LogP contribution in [-0.2, 0) is 22.6 Å². The van der Waals surface area contributed by atoms with Crippen LogP contribution in [0.15, 0.2) is 48.5 Å². The van der Waals surface area contributed by atoms with Gasteiger partial charge in [-0.2, -0.15) is 0 Å². The van der Waals surface area contributed by atoms with Gasteiger partial charge in [0.15, 0.2) is 12.3 Å². The molecule has 2 aromatic rings. The van der Waals surface area contributed by atoms with Crippen molar-refractivity contribution in [3.8, 4) is 5.75 Å². The second kappa shape index (κ2) is 9.88. The third-order valence-corrected chi connectivity index (χ3v) is 4.50. The summed E-state index contributed by atoms with van der Waals surface area (Å²) in [5.41, 5.74) is 3.25. The molecule has 2 atom stereocenters. The monoisotopic (exact) mass is 369 g/mol. The quantitative estimate of drug-likeness (QED) is 0.701. The molecule has 0 fully saturated rings. The SMILES string of the molecule is COc1ccc(C)cc1C[NH+](C)CC(=O)N[C@@H](Cc1ccccc1)C(C)=O. The summed E-state index contributed by atoms with van der Waals surface area (Å²) < 4.78 is 5.41. The number of methoxy groups -OCH3 is 1. The zero-order chi connectivity index (χ0) is 19.8. The van der Waals surface area contributed by atoms with E-state index >= 15 is 0 Å². The third kappa shape index (κ3) is 6.53. The van der Waals surface area contributed by atoms with E-state index in [1.165, 1.54) is 6.92 Å². The molecule has 0 aliphatic rings. The molecule has 5 heteroatoms. The molecule has 0 aliphatic carbocycles. The van der Waals surface area contributed by atoms with E-state index in [2.05, 4.69) is 11.4 Å². The number of quaternary nitrogens is 1. The molecular formula is C22H29N2O3+. The van der Waals surface area contributed by atoms with E-state index in [0.29, 0.717) is 13.0 Å². The highest BCUT2D eigenvalue weighted by molar-refractivity contribution is 5.88. The number of amides is 1. The molecule has 0 radical (unpaired) electrons. The van der Waals surface area contributed by atoms with E-state index in [1.807, 2.05) is 56.4 Å². The van der Waals surface area contributed by atoms with Crippen LogP contribution in [0.25, 0.3) is 0 Å². The van der Waals surface area contributed by atoms with E-state index in [-0.39, 0.29) is 18.2 Å². The van der Waals surface area contributed by atoms with Crippen LogP contribution in [0.4, 0.5) is 0 Å². The van der Waals surface area contributed by atoms with E-state index in [0.717, 1.165) is 27.3 Å². The molecule has 5 nitrogen and oxygen atoms in total. The van der Waals surface area contributed by atoms with Gasteiger partial charge >= 0.3 is 0 Å². The molecule has 2 rings (SSSR count). The van der Waals surface area contributed by atoms with E-state index in [4.69, 9.17) is 4.74 Å². The minimum Gasteiger partial charge on any atom is -0.496 e. The molecule has 2 N–H and O–H groups in total. The van der Waals surface area contributed by atoms with E-state index < -0.39 is 6.04 Å². The maximum Gasteiger partial charge on any atom is 0.275 e. The highest BCUT2D eigenvalue weighted by atomic mass is 16.5. The van der Waals surface area contributed by atoms with Crippen LogP contribution in [-0.4, -0.2) is 38.4 Å². The molecular weight excluding hydrogens is 340 g/mol. The number of likely N-dealkylation sites (N-methyl/N-ethyl adjacent to an activating group) is 1. The fourth-order valence-electron chi connectivity index (χ4n) is 3.10. The second-order valence-corrected chi connectivity index (χ2v) is 7.05. The number of rotatable bonds is 9. The summed E-state index contributed by atoms with van der Waals surface area (Å²) in [6.45, 7) is 4.51. The minimum absolute atomic E-state index is 0.0368.